The van der Waals surface area contributed by atoms with Gasteiger partial charge in [-0.25, -0.2) is 0 Å². The molecule has 0 aliphatic carbocycles. The van der Waals surface area contributed by atoms with Gasteiger partial charge in [-0.3, -0.25) is 0 Å². The Morgan fingerprint density at radius 2 is 1.76 bits per heavy atom. The summed E-state index contributed by atoms with van der Waals surface area (Å²) in [5.74, 6) is 1.19. The molecule has 0 fully saturated rings. The van der Waals surface area contributed by atoms with E-state index >= 15 is 0 Å². The van der Waals surface area contributed by atoms with Gasteiger partial charge < -0.3 is 20.1 Å². The van der Waals surface area contributed by atoms with Gasteiger partial charge in [-0.2, -0.15) is 5.26 Å². The van der Waals surface area contributed by atoms with Crippen LogP contribution in [0, 0.1) is 11.3 Å². The van der Waals surface area contributed by atoms with Crippen LogP contribution >= 0.6 is 0 Å². The molecule has 1 atom stereocenters. The van der Waals surface area contributed by atoms with Crippen LogP contribution in [0.25, 0.3) is 0 Å². The first-order valence-corrected chi connectivity index (χ1v) is 9.55. The molecule has 0 aliphatic heterocycles. The summed E-state index contributed by atoms with van der Waals surface area (Å²) in [7, 11) is 3.50. The highest BCUT2D eigenvalue weighted by molar-refractivity contribution is 5.56. The predicted molar refractivity (Wildman–Crippen MR) is 117 cm³/mol. The predicted octanol–water partition coefficient (Wildman–Crippen LogP) is 5.23. The summed E-state index contributed by atoms with van der Waals surface area (Å²) in [5.41, 5.74) is 3.65. The van der Waals surface area contributed by atoms with E-state index < -0.39 is 0 Å². The van der Waals surface area contributed by atoms with Crippen molar-refractivity contribution in [3.63, 3.8) is 0 Å². The fraction of sp³-hybridized carbons (Fsp3) is 0.208. The van der Waals surface area contributed by atoms with Crippen molar-refractivity contribution in [3.8, 4) is 17.6 Å². The van der Waals surface area contributed by atoms with Gasteiger partial charge in [0.15, 0.2) is 0 Å². The molecule has 2 N–H and O–H groups in total. The van der Waals surface area contributed by atoms with Crippen molar-refractivity contribution < 1.29 is 9.47 Å². The van der Waals surface area contributed by atoms with E-state index in [0.29, 0.717) is 17.1 Å². The minimum Gasteiger partial charge on any atom is -0.497 e. The van der Waals surface area contributed by atoms with Crippen LogP contribution in [-0.4, -0.2) is 20.7 Å². The molecule has 0 amide bonds. The molecule has 0 radical (unpaired) electrons. The Morgan fingerprint density at radius 1 is 0.966 bits per heavy atom. The van der Waals surface area contributed by atoms with Crippen LogP contribution in [0.1, 0.15) is 23.7 Å². The second-order valence-corrected chi connectivity index (χ2v) is 6.54. The number of nitrogens with zero attached hydrogens (tertiary/aromatic N) is 1. The molecule has 3 aromatic rings. The first-order chi connectivity index (χ1) is 14.2. The Bertz CT molecular complexity index is 967. The lowest BCUT2D eigenvalue weighted by Gasteiger charge is -2.21. The minimum atomic E-state index is -0.199. The molecular weight excluding hydrogens is 362 g/mol. The largest absolute Gasteiger partial charge is 0.497 e. The molecule has 3 aromatic carbocycles. The topological polar surface area (TPSA) is 66.3 Å². The van der Waals surface area contributed by atoms with Crippen molar-refractivity contribution >= 4 is 11.4 Å². The van der Waals surface area contributed by atoms with Crippen LogP contribution in [0.4, 0.5) is 11.4 Å². The summed E-state index contributed by atoms with van der Waals surface area (Å²) < 4.78 is 11.6. The number of hydrogen-bond donors (Lipinski definition) is 2. The standard InChI is InChI=1S/C24H25N3O2/c1-26-20-9-6-10-21(15-20)27-14-13-23(18-7-4-3-5-8-18)29-24-16-22(28-2)12-11-19(24)17-25/h3-12,15-16,23,26-27H,13-14H2,1-2H3. The van der Waals surface area contributed by atoms with Crippen molar-refractivity contribution in [3.05, 3.63) is 83.9 Å². The van der Waals surface area contributed by atoms with Crippen LogP contribution < -0.4 is 20.1 Å². The summed E-state index contributed by atoms with van der Waals surface area (Å²) in [5, 5.41) is 16.0. The van der Waals surface area contributed by atoms with Crippen molar-refractivity contribution in [2.24, 2.45) is 0 Å². The Morgan fingerprint density at radius 3 is 2.48 bits per heavy atom. The summed E-state index contributed by atoms with van der Waals surface area (Å²) >= 11 is 0. The highest BCUT2D eigenvalue weighted by atomic mass is 16.5. The molecule has 5 nitrogen and oxygen atoms in total. The average molecular weight is 387 g/mol. The first kappa shape index (κ1) is 20.1. The Labute approximate surface area is 171 Å². The molecule has 0 aliphatic rings. The number of nitriles is 1. The molecule has 0 spiro atoms. The number of methoxy groups -OCH3 is 1. The first-order valence-electron chi connectivity index (χ1n) is 9.55. The van der Waals surface area contributed by atoms with Crippen LogP contribution in [0.2, 0.25) is 0 Å². The second kappa shape index (κ2) is 10.0. The summed E-state index contributed by atoms with van der Waals surface area (Å²) in [6.45, 7) is 0.721. The van der Waals surface area contributed by atoms with Gasteiger partial charge >= 0.3 is 0 Å². The average Bonchev–Trinajstić information content (AvgIpc) is 2.79. The third-order valence-corrected chi connectivity index (χ3v) is 4.64. The van der Waals surface area contributed by atoms with E-state index in [9.17, 15) is 5.26 Å². The van der Waals surface area contributed by atoms with Crippen LogP contribution in [0.5, 0.6) is 11.5 Å². The molecule has 0 aromatic heterocycles. The van der Waals surface area contributed by atoms with Gasteiger partial charge in [-0.15, -0.1) is 0 Å². The third-order valence-electron chi connectivity index (χ3n) is 4.64. The number of ether oxygens (including phenoxy) is 2. The van der Waals surface area contributed by atoms with E-state index in [1.54, 1.807) is 25.3 Å². The molecular formula is C24H25N3O2. The quantitative estimate of drug-likeness (QED) is 0.526. The van der Waals surface area contributed by atoms with Gasteiger partial charge in [0.2, 0.25) is 0 Å². The Balaban J connectivity index is 1.76. The summed E-state index contributed by atoms with van der Waals surface area (Å²) in [6.07, 6.45) is 0.533. The van der Waals surface area contributed by atoms with Crippen molar-refractivity contribution in [1.29, 1.82) is 5.26 Å². The number of nitrogens with one attached hydrogen (secondary N) is 2. The molecule has 0 saturated carbocycles. The lowest BCUT2D eigenvalue weighted by Crippen LogP contribution is -2.14. The number of hydrogen-bond acceptors (Lipinski definition) is 5. The van der Waals surface area contributed by atoms with Gasteiger partial charge in [0.25, 0.3) is 0 Å². The smallest absolute Gasteiger partial charge is 0.141 e. The summed E-state index contributed by atoms with van der Waals surface area (Å²) in [6, 6.07) is 25.6. The summed E-state index contributed by atoms with van der Waals surface area (Å²) in [4.78, 5) is 0. The monoisotopic (exact) mass is 387 g/mol. The lowest BCUT2D eigenvalue weighted by atomic mass is 10.1. The van der Waals surface area contributed by atoms with E-state index in [4.69, 9.17) is 9.47 Å². The van der Waals surface area contributed by atoms with E-state index in [1.165, 1.54) is 0 Å². The van der Waals surface area contributed by atoms with E-state index in [1.807, 2.05) is 55.6 Å². The van der Waals surface area contributed by atoms with Crippen molar-refractivity contribution in [2.75, 3.05) is 31.3 Å². The van der Waals surface area contributed by atoms with E-state index in [0.717, 1.165) is 29.9 Å². The number of anilines is 2. The Kier molecular flexibility index (Phi) is 6.96. The van der Waals surface area contributed by atoms with Crippen molar-refractivity contribution in [1.82, 2.24) is 0 Å². The lowest BCUT2D eigenvalue weighted by molar-refractivity contribution is 0.198. The number of benzene rings is 3. The van der Waals surface area contributed by atoms with E-state index in [2.05, 4.69) is 22.8 Å². The zero-order valence-electron chi connectivity index (χ0n) is 16.7. The highest BCUT2D eigenvalue weighted by Gasteiger charge is 2.16. The SMILES string of the molecule is CNc1cccc(NCCC(Oc2cc(OC)ccc2C#N)c2ccccc2)c1. The van der Waals surface area contributed by atoms with Gasteiger partial charge in [0.05, 0.1) is 12.7 Å². The molecule has 148 valence electrons. The maximum atomic E-state index is 9.45. The molecule has 0 saturated heterocycles. The Hall–Kier alpha value is -3.65. The van der Waals surface area contributed by atoms with Gasteiger partial charge in [-0.1, -0.05) is 36.4 Å². The molecule has 29 heavy (non-hydrogen) atoms. The maximum Gasteiger partial charge on any atom is 0.141 e. The molecule has 1 unspecified atom stereocenters. The van der Waals surface area contributed by atoms with Gasteiger partial charge in [0, 0.05) is 37.5 Å². The zero-order valence-corrected chi connectivity index (χ0v) is 16.7. The fourth-order valence-corrected chi connectivity index (χ4v) is 3.07. The third kappa shape index (κ3) is 5.43. The highest BCUT2D eigenvalue weighted by Crippen LogP contribution is 2.30. The molecule has 3 rings (SSSR count). The van der Waals surface area contributed by atoms with Gasteiger partial charge in [0.1, 0.15) is 23.7 Å². The maximum absolute atomic E-state index is 9.45. The molecule has 0 heterocycles. The number of rotatable bonds is 9. The zero-order chi connectivity index (χ0) is 20.5. The van der Waals surface area contributed by atoms with Crippen LogP contribution in [-0.2, 0) is 0 Å². The van der Waals surface area contributed by atoms with Gasteiger partial charge in [-0.05, 0) is 35.9 Å². The van der Waals surface area contributed by atoms with E-state index in [-0.39, 0.29) is 6.10 Å². The minimum absolute atomic E-state index is 0.199. The van der Waals surface area contributed by atoms with Crippen molar-refractivity contribution in [2.45, 2.75) is 12.5 Å². The normalized spacial score (nSPS) is 11.2. The molecule has 5 heteroatoms. The second-order valence-electron chi connectivity index (χ2n) is 6.54. The van der Waals surface area contributed by atoms with Crippen LogP contribution in [0.3, 0.4) is 0 Å². The van der Waals surface area contributed by atoms with Crippen LogP contribution in [0.15, 0.2) is 72.8 Å². The fourth-order valence-electron chi connectivity index (χ4n) is 3.07. The molecule has 0 bridgehead atoms.